The number of anilines is 1. The number of likely N-dealkylation sites (tertiary alicyclic amines) is 1. The molecule has 4 rings (SSSR count). The van der Waals surface area contributed by atoms with Gasteiger partial charge in [0.1, 0.15) is 0 Å². The first-order valence-electron chi connectivity index (χ1n) is 10.6. The van der Waals surface area contributed by atoms with Gasteiger partial charge in [-0.3, -0.25) is 14.7 Å². The van der Waals surface area contributed by atoms with Crippen LogP contribution < -0.4 is 10.2 Å². The van der Waals surface area contributed by atoms with Gasteiger partial charge in [0, 0.05) is 56.2 Å². The zero-order chi connectivity index (χ0) is 19.2. The summed E-state index contributed by atoms with van der Waals surface area (Å²) in [5.41, 5.74) is 3.11. The van der Waals surface area contributed by atoms with Crippen molar-refractivity contribution in [3.8, 4) is 0 Å². The molecule has 0 bridgehead atoms. The lowest BCUT2D eigenvalue weighted by atomic mass is 10.0. The quantitative estimate of drug-likeness (QED) is 0.866. The van der Waals surface area contributed by atoms with Gasteiger partial charge in [-0.25, -0.2) is 0 Å². The maximum Gasteiger partial charge on any atom is 0.251 e. The molecule has 5 heteroatoms. The molecule has 1 aromatic heterocycles. The number of hydrogen-bond acceptors (Lipinski definition) is 4. The van der Waals surface area contributed by atoms with Crippen molar-refractivity contribution in [3.05, 3.63) is 59.9 Å². The summed E-state index contributed by atoms with van der Waals surface area (Å²) in [6, 6.07) is 14.4. The Morgan fingerprint density at radius 3 is 2.39 bits per heavy atom. The molecule has 0 aliphatic carbocycles. The van der Waals surface area contributed by atoms with Crippen LogP contribution in [0.1, 0.15) is 48.2 Å². The van der Waals surface area contributed by atoms with Crippen molar-refractivity contribution in [1.82, 2.24) is 15.2 Å². The maximum atomic E-state index is 12.6. The number of piperidine rings is 2. The van der Waals surface area contributed by atoms with E-state index in [9.17, 15) is 4.79 Å². The molecule has 1 amide bonds. The Bertz CT molecular complexity index is 748. The molecule has 1 aromatic carbocycles. The SMILES string of the molecule is O=C(NC1CCN(Cc2ccccn2)CC1)c1ccc(N2CCCCC2)cc1. The van der Waals surface area contributed by atoms with Gasteiger partial charge in [0.25, 0.3) is 5.91 Å². The molecule has 0 saturated carbocycles. The highest BCUT2D eigenvalue weighted by Gasteiger charge is 2.21. The highest BCUT2D eigenvalue weighted by atomic mass is 16.1. The van der Waals surface area contributed by atoms with Crippen LogP contribution in [0, 0.1) is 0 Å². The summed E-state index contributed by atoms with van der Waals surface area (Å²) in [4.78, 5) is 21.9. The Hall–Kier alpha value is -2.40. The summed E-state index contributed by atoms with van der Waals surface area (Å²) in [7, 11) is 0. The summed E-state index contributed by atoms with van der Waals surface area (Å²) in [5, 5.41) is 3.22. The fourth-order valence-corrected chi connectivity index (χ4v) is 4.20. The zero-order valence-corrected chi connectivity index (χ0v) is 16.5. The minimum Gasteiger partial charge on any atom is -0.372 e. The number of benzene rings is 1. The van der Waals surface area contributed by atoms with Gasteiger partial charge < -0.3 is 10.2 Å². The molecule has 28 heavy (non-hydrogen) atoms. The predicted octanol–water partition coefficient (Wildman–Crippen LogP) is 3.47. The van der Waals surface area contributed by atoms with E-state index in [1.807, 2.05) is 30.5 Å². The van der Waals surface area contributed by atoms with E-state index >= 15 is 0 Å². The van der Waals surface area contributed by atoms with Gasteiger partial charge in [-0.15, -0.1) is 0 Å². The highest BCUT2D eigenvalue weighted by molar-refractivity contribution is 5.94. The molecule has 148 valence electrons. The lowest BCUT2D eigenvalue weighted by molar-refractivity contribution is 0.0908. The molecule has 2 aliphatic rings. The van der Waals surface area contributed by atoms with Crippen molar-refractivity contribution in [2.75, 3.05) is 31.1 Å². The van der Waals surface area contributed by atoms with Gasteiger partial charge in [0.2, 0.25) is 0 Å². The number of amides is 1. The van der Waals surface area contributed by atoms with E-state index in [0.717, 1.165) is 56.8 Å². The first-order valence-corrected chi connectivity index (χ1v) is 10.6. The van der Waals surface area contributed by atoms with Crippen LogP contribution in [0.3, 0.4) is 0 Å². The fourth-order valence-electron chi connectivity index (χ4n) is 4.20. The van der Waals surface area contributed by atoms with Crippen molar-refractivity contribution in [3.63, 3.8) is 0 Å². The normalized spacial score (nSPS) is 18.8. The minimum atomic E-state index is 0.0494. The van der Waals surface area contributed by atoms with Gasteiger partial charge in [0.05, 0.1) is 5.69 Å². The number of hydrogen-bond donors (Lipinski definition) is 1. The Labute approximate surface area is 167 Å². The van der Waals surface area contributed by atoms with Gasteiger partial charge in [-0.2, -0.15) is 0 Å². The molecular formula is C23H30N4O. The van der Waals surface area contributed by atoms with Crippen molar-refractivity contribution in [1.29, 1.82) is 0 Å². The van der Waals surface area contributed by atoms with E-state index in [4.69, 9.17) is 0 Å². The van der Waals surface area contributed by atoms with E-state index in [-0.39, 0.29) is 11.9 Å². The number of carbonyl (C=O) groups is 1. The first kappa shape index (κ1) is 18.9. The molecule has 1 N–H and O–H groups in total. The Kier molecular flexibility index (Phi) is 6.22. The second-order valence-electron chi connectivity index (χ2n) is 7.94. The monoisotopic (exact) mass is 378 g/mol. The number of aromatic nitrogens is 1. The second kappa shape index (κ2) is 9.20. The van der Waals surface area contributed by atoms with Crippen molar-refractivity contribution in [2.24, 2.45) is 0 Å². The van der Waals surface area contributed by atoms with Crippen molar-refractivity contribution in [2.45, 2.75) is 44.7 Å². The number of carbonyl (C=O) groups excluding carboxylic acids is 1. The largest absolute Gasteiger partial charge is 0.372 e. The van der Waals surface area contributed by atoms with E-state index in [1.54, 1.807) is 0 Å². The Balaban J connectivity index is 1.25. The Morgan fingerprint density at radius 1 is 0.964 bits per heavy atom. The molecule has 2 aromatic rings. The molecule has 0 spiro atoms. The van der Waals surface area contributed by atoms with Crippen LogP contribution in [0.2, 0.25) is 0 Å². The molecular weight excluding hydrogens is 348 g/mol. The van der Waals surface area contributed by atoms with E-state index in [1.165, 1.54) is 24.9 Å². The molecule has 0 unspecified atom stereocenters. The molecule has 3 heterocycles. The lowest BCUT2D eigenvalue weighted by Gasteiger charge is -2.32. The van der Waals surface area contributed by atoms with E-state index in [2.05, 4.69) is 38.3 Å². The summed E-state index contributed by atoms with van der Waals surface area (Å²) >= 11 is 0. The van der Waals surface area contributed by atoms with Gasteiger partial charge in [0.15, 0.2) is 0 Å². The third-order valence-corrected chi connectivity index (χ3v) is 5.89. The summed E-state index contributed by atoms with van der Waals surface area (Å²) in [6.07, 6.45) is 7.69. The standard InChI is InChI=1S/C23H30N4O/c28-23(19-7-9-22(10-8-19)27-14-4-1-5-15-27)25-20-11-16-26(17-12-20)18-21-6-2-3-13-24-21/h2-3,6-10,13,20H,1,4-5,11-12,14-18H2,(H,25,28). The first-order chi connectivity index (χ1) is 13.8. The van der Waals surface area contributed by atoms with Crippen LogP contribution in [0.15, 0.2) is 48.7 Å². The van der Waals surface area contributed by atoms with Crippen LogP contribution in [-0.2, 0) is 6.54 Å². The van der Waals surface area contributed by atoms with Crippen LogP contribution in [0.25, 0.3) is 0 Å². The summed E-state index contributed by atoms with van der Waals surface area (Å²) in [5.74, 6) is 0.0494. The molecule has 2 saturated heterocycles. The number of nitrogens with one attached hydrogen (secondary N) is 1. The highest BCUT2D eigenvalue weighted by Crippen LogP contribution is 2.20. The summed E-state index contributed by atoms with van der Waals surface area (Å²) < 4.78 is 0. The molecule has 2 aliphatic heterocycles. The molecule has 0 radical (unpaired) electrons. The van der Waals surface area contributed by atoms with Crippen LogP contribution in [-0.4, -0.2) is 48.0 Å². The van der Waals surface area contributed by atoms with Crippen LogP contribution >= 0.6 is 0 Å². The molecule has 5 nitrogen and oxygen atoms in total. The van der Waals surface area contributed by atoms with Gasteiger partial charge in [-0.1, -0.05) is 6.07 Å². The third kappa shape index (κ3) is 4.90. The third-order valence-electron chi connectivity index (χ3n) is 5.89. The number of pyridine rings is 1. The van der Waals surface area contributed by atoms with E-state index < -0.39 is 0 Å². The fraction of sp³-hybridized carbons (Fsp3) is 0.478. The molecule has 2 fully saturated rings. The van der Waals surface area contributed by atoms with Crippen LogP contribution in [0.5, 0.6) is 0 Å². The smallest absolute Gasteiger partial charge is 0.251 e. The van der Waals surface area contributed by atoms with Crippen LogP contribution in [0.4, 0.5) is 5.69 Å². The average Bonchev–Trinajstić information content (AvgIpc) is 2.76. The Morgan fingerprint density at radius 2 is 1.71 bits per heavy atom. The molecule has 0 atom stereocenters. The number of rotatable bonds is 5. The lowest BCUT2D eigenvalue weighted by Crippen LogP contribution is -2.44. The maximum absolute atomic E-state index is 12.6. The zero-order valence-electron chi connectivity index (χ0n) is 16.5. The summed E-state index contributed by atoms with van der Waals surface area (Å²) in [6.45, 7) is 5.13. The predicted molar refractivity (Wildman–Crippen MR) is 113 cm³/mol. The average molecular weight is 379 g/mol. The number of nitrogens with zero attached hydrogens (tertiary/aromatic N) is 3. The second-order valence-corrected chi connectivity index (χ2v) is 7.94. The van der Waals surface area contributed by atoms with Gasteiger partial charge >= 0.3 is 0 Å². The minimum absolute atomic E-state index is 0.0494. The van der Waals surface area contributed by atoms with E-state index in [0.29, 0.717) is 0 Å². The topological polar surface area (TPSA) is 48.5 Å². The van der Waals surface area contributed by atoms with Crippen molar-refractivity contribution < 1.29 is 4.79 Å². The van der Waals surface area contributed by atoms with Gasteiger partial charge in [-0.05, 0) is 68.5 Å². The van der Waals surface area contributed by atoms with Crippen molar-refractivity contribution >= 4 is 11.6 Å².